The van der Waals surface area contributed by atoms with Crippen molar-refractivity contribution in [2.24, 2.45) is 7.05 Å². The van der Waals surface area contributed by atoms with Gasteiger partial charge in [0.15, 0.2) is 0 Å². The summed E-state index contributed by atoms with van der Waals surface area (Å²) in [6, 6.07) is 4.23. The lowest BCUT2D eigenvalue weighted by atomic mass is 9.97. The Morgan fingerprint density at radius 3 is 2.92 bits per heavy atom. The lowest BCUT2D eigenvalue weighted by Gasteiger charge is -2.34. The van der Waals surface area contributed by atoms with E-state index in [2.05, 4.69) is 51.4 Å². The molecule has 1 aliphatic heterocycles. The highest BCUT2D eigenvalue weighted by Gasteiger charge is 2.32. The lowest BCUT2D eigenvalue weighted by Crippen LogP contribution is -2.36. The Morgan fingerprint density at radius 1 is 1.33 bits per heavy atom. The third kappa shape index (κ3) is 2.43. The van der Waals surface area contributed by atoms with Crippen molar-refractivity contribution in [3.8, 4) is 0 Å². The number of nitrogens with one attached hydrogen (secondary N) is 1. The van der Waals surface area contributed by atoms with Gasteiger partial charge in [-0.25, -0.2) is 9.97 Å². The molecule has 0 fully saturated rings. The fraction of sp³-hybridized carbons (Fsp3) is 0.389. The second kappa shape index (κ2) is 5.87. The van der Waals surface area contributed by atoms with Crippen molar-refractivity contribution < 1.29 is 0 Å². The monoisotopic (exact) mass is 322 g/mol. The van der Waals surface area contributed by atoms with Gasteiger partial charge in [-0.2, -0.15) is 0 Å². The Bertz CT molecular complexity index is 848. The maximum absolute atomic E-state index is 4.75. The highest BCUT2D eigenvalue weighted by atomic mass is 15.2. The molecule has 0 saturated carbocycles. The first-order valence-electron chi connectivity index (χ1n) is 8.30. The number of aryl methyl sites for hydroxylation is 1. The molecule has 6 heteroatoms. The first-order chi connectivity index (χ1) is 11.6. The summed E-state index contributed by atoms with van der Waals surface area (Å²) < 4.78 is 2.19. The zero-order chi connectivity index (χ0) is 16.7. The Labute approximate surface area is 141 Å². The standard InChI is InChI=1S/C18H22N6/c1-12-13(2)23(3)16(22-12)10-24-8-6-15-17(21-11-20-15)18(24)14-5-4-7-19-9-14/h4-5,7,9,11,18H,6,8,10H2,1-3H3,(H,20,21). The molecule has 0 spiro atoms. The van der Waals surface area contributed by atoms with Gasteiger partial charge in [0.1, 0.15) is 5.82 Å². The van der Waals surface area contributed by atoms with Crippen LogP contribution in [0.25, 0.3) is 0 Å². The van der Waals surface area contributed by atoms with Crippen molar-refractivity contribution in [3.63, 3.8) is 0 Å². The van der Waals surface area contributed by atoms with E-state index in [0.29, 0.717) is 0 Å². The van der Waals surface area contributed by atoms with E-state index in [1.54, 1.807) is 6.33 Å². The molecule has 3 aromatic heterocycles. The fourth-order valence-corrected chi connectivity index (χ4v) is 3.51. The zero-order valence-electron chi connectivity index (χ0n) is 14.3. The third-order valence-electron chi connectivity index (χ3n) is 5.08. The summed E-state index contributed by atoms with van der Waals surface area (Å²) >= 11 is 0. The van der Waals surface area contributed by atoms with Crippen molar-refractivity contribution in [1.82, 2.24) is 29.4 Å². The molecule has 1 N–H and O–H groups in total. The summed E-state index contributed by atoms with van der Waals surface area (Å²) in [6.07, 6.45) is 6.53. The van der Waals surface area contributed by atoms with Crippen molar-refractivity contribution in [2.45, 2.75) is 32.9 Å². The van der Waals surface area contributed by atoms with Crippen molar-refractivity contribution >= 4 is 0 Å². The average molecular weight is 322 g/mol. The molecule has 3 aromatic rings. The minimum absolute atomic E-state index is 0.117. The number of rotatable bonds is 3. The van der Waals surface area contributed by atoms with Crippen LogP contribution in [0.15, 0.2) is 30.9 Å². The summed E-state index contributed by atoms with van der Waals surface area (Å²) in [5.41, 5.74) is 5.83. The lowest BCUT2D eigenvalue weighted by molar-refractivity contribution is 0.193. The van der Waals surface area contributed by atoms with Crippen LogP contribution in [-0.4, -0.2) is 35.9 Å². The minimum Gasteiger partial charge on any atom is -0.348 e. The molecule has 24 heavy (non-hydrogen) atoms. The fourth-order valence-electron chi connectivity index (χ4n) is 3.51. The van der Waals surface area contributed by atoms with Gasteiger partial charge in [0.05, 0.1) is 30.3 Å². The summed E-state index contributed by atoms with van der Waals surface area (Å²) in [5.74, 6) is 1.10. The number of hydrogen-bond acceptors (Lipinski definition) is 4. The van der Waals surface area contributed by atoms with Crippen LogP contribution >= 0.6 is 0 Å². The summed E-state index contributed by atoms with van der Waals surface area (Å²) in [5, 5.41) is 0. The number of aromatic nitrogens is 5. The van der Waals surface area contributed by atoms with Gasteiger partial charge < -0.3 is 9.55 Å². The van der Waals surface area contributed by atoms with Crippen LogP contribution in [0.4, 0.5) is 0 Å². The highest BCUT2D eigenvalue weighted by Crippen LogP contribution is 2.33. The van der Waals surface area contributed by atoms with Gasteiger partial charge in [-0.1, -0.05) is 6.07 Å². The molecule has 0 saturated heterocycles. The molecule has 6 nitrogen and oxygen atoms in total. The summed E-state index contributed by atoms with van der Waals surface area (Å²) in [7, 11) is 2.09. The van der Waals surface area contributed by atoms with Crippen LogP contribution in [0.3, 0.4) is 0 Å². The number of imidazole rings is 2. The van der Waals surface area contributed by atoms with Crippen molar-refractivity contribution in [3.05, 3.63) is 65.0 Å². The first kappa shape index (κ1) is 15.1. The van der Waals surface area contributed by atoms with Crippen LogP contribution in [-0.2, 0) is 20.0 Å². The SMILES string of the molecule is Cc1nc(CN2CCc3[nH]cnc3C2c2cccnc2)n(C)c1C. The van der Waals surface area contributed by atoms with Crippen molar-refractivity contribution in [2.75, 3.05) is 6.54 Å². The molecule has 4 heterocycles. The van der Waals surface area contributed by atoms with E-state index in [1.165, 1.54) is 17.0 Å². The van der Waals surface area contributed by atoms with E-state index < -0.39 is 0 Å². The molecule has 1 aliphatic rings. The normalized spacial score (nSPS) is 17.9. The number of aromatic amines is 1. The first-order valence-corrected chi connectivity index (χ1v) is 8.30. The molecule has 0 amide bonds. The zero-order valence-corrected chi connectivity index (χ0v) is 14.3. The van der Waals surface area contributed by atoms with E-state index in [-0.39, 0.29) is 6.04 Å². The predicted molar refractivity (Wildman–Crippen MR) is 91.5 cm³/mol. The molecule has 0 aliphatic carbocycles. The Hall–Kier alpha value is -2.47. The molecule has 124 valence electrons. The quantitative estimate of drug-likeness (QED) is 0.804. The van der Waals surface area contributed by atoms with Gasteiger partial charge in [-0.3, -0.25) is 9.88 Å². The van der Waals surface area contributed by atoms with Crippen LogP contribution in [0, 0.1) is 13.8 Å². The second-order valence-corrected chi connectivity index (χ2v) is 6.43. The molecular weight excluding hydrogens is 300 g/mol. The average Bonchev–Trinajstić information content (AvgIpc) is 3.16. The second-order valence-electron chi connectivity index (χ2n) is 6.43. The van der Waals surface area contributed by atoms with E-state index >= 15 is 0 Å². The maximum atomic E-state index is 4.75. The van der Waals surface area contributed by atoms with Crippen LogP contribution in [0.1, 0.15) is 40.2 Å². The van der Waals surface area contributed by atoms with Gasteiger partial charge in [0.2, 0.25) is 0 Å². The largest absolute Gasteiger partial charge is 0.348 e. The Morgan fingerprint density at radius 2 is 2.21 bits per heavy atom. The van der Waals surface area contributed by atoms with E-state index in [9.17, 15) is 0 Å². The van der Waals surface area contributed by atoms with Crippen LogP contribution in [0.2, 0.25) is 0 Å². The van der Waals surface area contributed by atoms with Crippen LogP contribution in [0.5, 0.6) is 0 Å². The number of pyridine rings is 1. The molecule has 0 radical (unpaired) electrons. The smallest absolute Gasteiger partial charge is 0.123 e. The Balaban J connectivity index is 1.72. The van der Waals surface area contributed by atoms with Crippen LogP contribution < -0.4 is 0 Å². The summed E-state index contributed by atoms with van der Waals surface area (Å²) in [4.78, 5) is 19.4. The Kier molecular flexibility index (Phi) is 3.69. The minimum atomic E-state index is 0.117. The molecule has 0 bridgehead atoms. The maximum Gasteiger partial charge on any atom is 0.123 e. The number of hydrogen-bond donors (Lipinski definition) is 1. The van der Waals surface area contributed by atoms with E-state index in [0.717, 1.165) is 36.7 Å². The van der Waals surface area contributed by atoms with Crippen molar-refractivity contribution in [1.29, 1.82) is 0 Å². The molecule has 0 aromatic carbocycles. The summed E-state index contributed by atoms with van der Waals surface area (Å²) in [6.45, 7) is 5.96. The van der Waals surface area contributed by atoms with E-state index in [1.807, 2.05) is 18.5 Å². The number of fused-ring (bicyclic) bond motifs is 1. The topological polar surface area (TPSA) is 62.6 Å². The van der Waals surface area contributed by atoms with Gasteiger partial charge in [-0.05, 0) is 25.5 Å². The molecule has 1 unspecified atom stereocenters. The number of H-pyrrole nitrogens is 1. The molecular formula is C18H22N6. The highest BCUT2D eigenvalue weighted by molar-refractivity contribution is 5.31. The van der Waals surface area contributed by atoms with Gasteiger partial charge in [0.25, 0.3) is 0 Å². The van der Waals surface area contributed by atoms with E-state index in [4.69, 9.17) is 4.98 Å². The molecule has 4 rings (SSSR count). The third-order valence-corrected chi connectivity index (χ3v) is 5.08. The van der Waals surface area contributed by atoms with Gasteiger partial charge >= 0.3 is 0 Å². The van der Waals surface area contributed by atoms with Gasteiger partial charge in [-0.15, -0.1) is 0 Å². The molecule has 1 atom stereocenters. The number of nitrogens with zero attached hydrogens (tertiary/aromatic N) is 5. The van der Waals surface area contributed by atoms with Gasteiger partial charge in [0, 0.05) is 43.8 Å². The predicted octanol–water partition coefficient (Wildman–Crippen LogP) is 2.30.